The molecule has 1 rings (SSSR count). The molecular weight excluding hydrogens is 195 g/mol. The summed E-state index contributed by atoms with van der Waals surface area (Å²) in [5.74, 6) is -0.459. The second kappa shape index (κ2) is 4.95. The first-order valence-electron chi connectivity index (χ1n) is 4.70. The molecule has 2 N–H and O–H groups in total. The van der Waals surface area contributed by atoms with Gasteiger partial charge in [0.15, 0.2) is 0 Å². The van der Waals surface area contributed by atoms with E-state index in [-0.39, 0.29) is 0 Å². The van der Waals surface area contributed by atoms with Gasteiger partial charge in [0.05, 0.1) is 12.2 Å². The highest BCUT2D eigenvalue weighted by Gasteiger charge is 2.16. The van der Waals surface area contributed by atoms with Gasteiger partial charge < -0.3 is 14.8 Å². The van der Waals surface area contributed by atoms with Crippen LogP contribution in [0.5, 0.6) is 0 Å². The fourth-order valence-electron chi connectivity index (χ4n) is 1.26. The molecule has 0 bridgehead atoms. The minimum absolute atomic E-state index is 0.295. The van der Waals surface area contributed by atoms with Crippen LogP contribution < -0.4 is 5.46 Å². The van der Waals surface area contributed by atoms with Gasteiger partial charge in [0.25, 0.3) is 0 Å². The Hall–Kier alpha value is -1.33. The van der Waals surface area contributed by atoms with Gasteiger partial charge >= 0.3 is 13.1 Å². The Bertz CT molecular complexity index is 362. The maximum Gasteiger partial charge on any atom is 0.488 e. The van der Waals surface area contributed by atoms with Gasteiger partial charge in [-0.25, -0.2) is 4.79 Å². The minimum atomic E-state index is -1.57. The number of ether oxygens (including phenoxy) is 1. The third-order valence-corrected chi connectivity index (χ3v) is 2.07. The van der Waals surface area contributed by atoms with Crippen LogP contribution in [0.2, 0.25) is 0 Å². The van der Waals surface area contributed by atoms with Gasteiger partial charge in [0.2, 0.25) is 0 Å². The van der Waals surface area contributed by atoms with Crippen LogP contribution in [0.15, 0.2) is 18.2 Å². The van der Waals surface area contributed by atoms with Crippen molar-refractivity contribution in [1.82, 2.24) is 0 Å². The summed E-state index contributed by atoms with van der Waals surface area (Å²) in [6, 6.07) is 4.68. The van der Waals surface area contributed by atoms with Gasteiger partial charge in [-0.2, -0.15) is 0 Å². The minimum Gasteiger partial charge on any atom is -0.462 e. The number of carbonyl (C=O) groups excluding carboxylic acids is 1. The molecular formula is C10H13BO4. The normalized spacial score (nSPS) is 9.87. The van der Waals surface area contributed by atoms with Crippen molar-refractivity contribution in [1.29, 1.82) is 0 Å². The molecule has 0 unspecified atom stereocenters. The summed E-state index contributed by atoms with van der Waals surface area (Å²) in [5.41, 5.74) is 1.36. The van der Waals surface area contributed by atoms with Crippen LogP contribution in [0.25, 0.3) is 0 Å². The molecule has 0 radical (unpaired) electrons. The molecule has 0 fully saturated rings. The average molecular weight is 208 g/mol. The van der Waals surface area contributed by atoms with E-state index in [1.165, 1.54) is 6.07 Å². The SMILES string of the molecule is CCOC(=O)c1ccc(C)c(B(O)O)c1. The van der Waals surface area contributed by atoms with Crippen LogP contribution in [0, 0.1) is 6.92 Å². The largest absolute Gasteiger partial charge is 0.488 e. The maximum absolute atomic E-state index is 11.3. The fraction of sp³-hybridized carbons (Fsp3) is 0.300. The number of rotatable bonds is 3. The molecule has 0 aliphatic rings. The molecule has 0 aromatic heterocycles. The Morgan fingerprint density at radius 1 is 1.47 bits per heavy atom. The predicted molar refractivity (Wildman–Crippen MR) is 57.0 cm³/mol. The number of carbonyl (C=O) groups is 1. The van der Waals surface area contributed by atoms with E-state index in [0.717, 1.165) is 5.56 Å². The second-order valence-electron chi connectivity index (χ2n) is 3.17. The Balaban J connectivity index is 3.02. The molecule has 1 aromatic rings. The Morgan fingerprint density at radius 2 is 2.13 bits per heavy atom. The van der Waals surface area contributed by atoms with Crippen molar-refractivity contribution in [2.75, 3.05) is 6.61 Å². The lowest BCUT2D eigenvalue weighted by Crippen LogP contribution is -2.32. The van der Waals surface area contributed by atoms with E-state index < -0.39 is 13.1 Å². The standard InChI is InChI=1S/C10H13BO4/c1-3-15-10(12)8-5-4-7(2)9(6-8)11(13)14/h4-6,13-14H,3H2,1-2H3. The van der Waals surface area contributed by atoms with Crippen LogP contribution in [0.1, 0.15) is 22.8 Å². The Kier molecular flexibility index (Phi) is 3.88. The topological polar surface area (TPSA) is 66.8 Å². The molecule has 0 aliphatic carbocycles. The van der Waals surface area contributed by atoms with Crippen molar-refractivity contribution in [2.24, 2.45) is 0 Å². The zero-order chi connectivity index (χ0) is 11.4. The number of hydrogen-bond acceptors (Lipinski definition) is 4. The van der Waals surface area contributed by atoms with Crippen LogP contribution in [-0.4, -0.2) is 29.7 Å². The van der Waals surface area contributed by atoms with E-state index in [1.807, 2.05) is 0 Å². The Labute approximate surface area is 88.6 Å². The monoisotopic (exact) mass is 208 g/mol. The van der Waals surface area contributed by atoms with Crippen LogP contribution in [-0.2, 0) is 4.74 Å². The first-order chi connectivity index (χ1) is 7.06. The van der Waals surface area contributed by atoms with Crippen molar-refractivity contribution in [3.05, 3.63) is 29.3 Å². The van der Waals surface area contributed by atoms with Crippen molar-refractivity contribution >= 4 is 18.6 Å². The summed E-state index contributed by atoms with van der Waals surface area (Å²) in [6.07, 6.45) is 0. The van der Waals surface area contributed by atoms with Gasteiger partial charge in [-0.05, 0) is 31.4 Å². The van der Waals surface area contributed by atoms with Gasteiger partial charge in [0.1, 0.15) is 0 Å². The highest BCUT2D eigenvalue weighted by Crippen LogP contribution is 2.03. The van der Waals surface area contributed by atoms with E-state index in [4.69, 9.17) is 14.8 Å². The lowest BCUT2D eigenvalue weighted by molar-refractivity contribution is 0.0526. The Morgan fingerprint density at radius 3 is 2.67 bits per heavy atom. The quantitative estimate of drug-likeness (QED) is 0.535. The molecule has 4 nitrogen and oxygen atoms in total. The highest BCUT2D eigenvalue weighted by atomic mass is 16.5. The first-order valence-corrected chi connectivity index (χ1v) is 4.70. The van der Waals surface area contributed by atoms with Crippen molar-refractivity contribution < 1.29 is 19.6 Å². The number of benzene rings is 1. The summed E-state index contributed by atoms with van der Waals surface area (Å²) in [7, 11) is -1.57. The van der Waals surface area contributed by atoms with Gasteiger partial charge in [-0.1, -0.05) is 11.6 Å². The molecule has 0 saturated heterocycles. The molecule has 15 heavy (non-hydrogen) atoms. The van der Waals surface area contributed by atoms with Crippen molar-refractivity contribution in [3.63, 3.8) is 0 Å². The maximum atomic E-state index is 11.3. The lowest BCUT2D eigenvalue weighted by atomic mass is 9.76. The molecule has 0 saturated carbocycles. The zero-order valence-corrected chi connectivity index (χ0v) is 8.73. The molecule has 0 aliphatic heterocycles. The van der Waals surface area contributed by atoms with Gasteiger partial charge in [0, 0.05) is 0 Å². The summed E-state index contributed by atoms with van der Waals surface area (Å²) in [6.45, 7) is 3.75. The lowest BCUT2D eigenvalue weighted by Gasteiger charge is -2.07. The van der Waals surface area contributed by atoms with Crippen LogP contribution >= 0.6 is 0 Å². The van der Waals surface area contributed by atoms with Crippen molar-refractivity contribution in [3.8, 4) is 0 Å². The predicted octanol–water partition coefficient (Wildman–Crippen LogP) is -0.148. The first kappa shape index (κ1) is 11.7. The van der Waals surface area contributed by atoms with E-state index >= 15 is 0 Å². The molecule has 1 aromatic carbocycles. The van der Waals surface area contributed by atoms with Crippen LogP contribution in [0.3, 0.4) is 0 Å². The van der Waals surface area contributed by atoms with E-state index in [9.17, 15) is 4.79 Å². The molecule has 0 atom stereocenters. The van der Waals surface area contributed by atoms with Gasteiger partial charge in [-0.3, -0.25) is 0 Å². The summed E-state index contributed by atoms with van der Waals surface area (Å²) < 4.78 is 4.80. The van der Waals surface area contributed by atoms with E-state index in [2.05, 4.69) is 0 Å². The van der Waals surface area contributed by atoms with E-state index in [0.29, 0.717) is 17.6 Å². The summed E-state index contributed by atoms with van der Waals surface area (Å²) in [5, 5.41) is 18.1. The summed E-state index contributed by atoms with van der Waals surface area (Å²) >= 11 is 0. The molecule has 0 amide bonds. The van der Waals surface area contributed by atoms with Crippen LogP contribution in [0.4, 0.5) is 0 Å². The van der Waals surface area contributed by atoms with Crippen molar-refractivity contribution in [2.45, 2.75) is 13.8 Å². The third-order valence-electron chi connectivity index (χ3n) is 2.07. The third kappa shape index (κ3) is 2.81. The van der Waals surface area contributed by atoms with E-state index in [1.54, 1.807) is 26.0 Å². The number of hydrogen-bond donors (Lipinski definition) is 2. The summed E-state index contributed by atoms with van der Waals surface area (Å²) in [4.78, 5) is 11.3. The fourth-order valence-corrected chi connectivity index (χ4v) is 1.26. The zero-order valence-electron chi connectivity index (χ0n) is 8.73. The smallest absolute Gasteiger partial charge is 0.462 e. The number of aryl methyl sites for hydroxylation is 1. The van der Waals surface area contributed by atoms with Gasteiger partial charge in [-0.15, -0.1) is 0 Å². The highest BCUT2D eigenvalue weighted by molar-refractivity contribution is 6.59. The molecule has 0 heterocycles. The molecule has 5 heteroatoms. The molecule has 0 spiro atoms. The number of esters is 1. The second-order valence-corrected chi connectivity index (χ2v) is 3.17. The molecule has 80 valence electrons. The average Bonchev–Trinajstić information content (AvgIpc) is 2.18.